The number of ether oxygens (including phenoxy) is 3. The maximum Gasteiger partial charge on any atom is 0.310 e. The summed E-state index contributed by atoms with van der Waals surface area (Å²) in [5, 5.41) is 0. The molecule has 0 bridgehead atoms. The Morgan fingerprint density at radius 2 is 0.782 bits per heavy atom. The minimum atomic E-state index is -0.840. The van der Waals surface area contributed by atoms with Crippen molar-refractivity contribution in [3.05, 3.63) is 97.2 Å². The highest BCUT2D eigenvalue weighted by Crippen LogP contribution is 2.11. The van der Waals surface area contributed by atoms with Crippen LogP contribution in [0.3, 0.4) is 0 Å². The lowest BCUT2D eigenvalue weighted by atomic mass is 10.1. The second-order valence-electron chi connectivity index (χ2n) is 13.8. The molecule has 0 heterocycles. The summed E-state index contributed by atoms with van der Waals surface area (Å²) in [7, 11) is 0. The third kappa shape index (κ3) is 41.3. The first-order valence-corrected chi connectivity index (χ1v) is 21.7. The first-order valence-electron chi connectivity index (χ1n) is 21.7. The van der Waals surface area contributed by atoms with Crippen LogP contribution in [0.15, 0.2) is 97.2 Å². The van der Waals surface area contributed by atoms with E-state index >= 15 is 0 Å². The Morgan fingerprint density at radius 3 is 1.29 bits per heavy atom. The summed E-state index contributed by atoms with van der Waals surface area (Å²) in [6.07, 6.45) is 55.8. The molecule has 0 aliphatic carbocycles. The molecule has 0 aromatic heterocycles. The van der Waals surface area contributed by atoms with Crippen LogP contribution in [0.1, 0.15) is 175 Å². The zero-order chi connectivity index (χ0) is 40.1. The van der Waals surface area contributed by atoms with Crippen molar-refractivity contribution in [2.45, 2.75) is 181 Å². The van der Waals surface area contributed by atoms with Gasteiger partial charge in [-0.25, -0.2) is 0 Å². The van der Waals surface area contributed by atoms with Crippen LogP contribution in [0.4, 0.5) is 0 Å². The topological polar surface area (TPSA) is 78.9 Å². The number of allylic oxidation sites excluding steroid dienone is 15. The molecule has 6 nitrogen and oxygen atoms in total. The van der Waals surface area contributed by atoms with Gasteiger partial charge in [0.05, 0.1) is 6.42 Å². The van der Waals surface area contributed by atoms with Gasteiger partial charge in [0.25, 0.3) is 0 Å². The fourth-order valence-corrected chi connectivity index (χ4v) is 5.38. The van der Waals surface area contributed by atoms with Crippen LogP contribution in [-0.4, -0.2) is 37.2 Å². The summed E-state index contributed by atoms with van der Waals surface area (Å²) in [5.74, 6) is -1.12. The number of carbonyl (C=O) groups excluding carboxylic acids is 3. The largest absolute Gasteiger partial charge is 0.462 e. The average Bonchev–Trinajstić information content (AvgIpc) is 3.18. The molecule has 310 valence electrons. The molecule has 0 aliphatic heterocycles. The lowest BCUT2D eigenvalue weighted by molar-refractivity contribution is -0.166. The summed E-state index contributed by atoms with van der Waals surface area (Å²) in [5.41, 5.74) is 0. The molecule has 0 spiro atoms. The number of unbranched alkanes of at least 4 members (excludes halogenated alkanes) is 11. The van der Waals surface area contributed by atoms with Gasteiger partial charge >= 0.3 is 17.9 Å². The number of hydrogen-bond donors (Lipinski definition) is 0. The predicted octanol–water partition coefficient (Wildman–Crippen LogP) is 13.9. The normalized spacial score (nSPS) is 13.0. The molecule has 0 saturated heterocycles. The fraction of sp³-hybridized carbons (Fsp3) is 0.612. The quantitative estimate of drug-likeness (QED) is 0.0271. The highest BCUT2D eigenvalue weighted by atomic mass is 16.6. The minimum Gasteiger partial charge on any atom is -0.462 e. The Kier molecular flexibility index (Phi) is 40.2. The molecule has 6 heteroatoms. The van der Waals surface area contributed by atoms with Gasteiger partial charge in [0, 0.05) is 12.8 Å². The van der Waals surface area contributed by atoms with E-state index in [-0.39, 0.29) is 38.0 Å². The van der Waals surface area contributed by atoms with Crippen LogP contribution < -0.4 is 0 Å². The van der Waals surface area contributed by atoms with E-state index in [2.05, 4.69) is 106 Å². The van der Waals surface area contributed by atoms with Gasteiger partial charge in [-0.05, 0) is 89.9 Å². The minimum absolute atomic E-state index is 0.0934. The van der Waals surface area contributed by atoms with E-state index in [1.54, 1.807) is 6.08 Å². The van der Waals surface area contributed by atoms with E-state index < -0.39 is 12.1 Å². The Balaban J connectivity index is 4.41. The number of carbonyl (C=O) groups is 3. The summed E-state index contributed by atoms with van der Waals surface area (Å²) in [6, 6.07) is 0. The molecule has 0 amide bonds. The van der Waals surface area contributed by atoms with Crippen molar-refractivity contribution in [1.29, 1.82) is 0 Å². The highest BCUT2D eigenvalue weighted by molar-refractivity contribution is 5.72. The first kappa shape index (κ1) is 51.3. The fourth-order valence-electron chi connectivity index (χ4n) is 5.38. The number of hydrogen-bond acceptors (Lipinski definition) is 6. The summed E-state index contributed by atoms with van der Waals surface area (Å²) < 4.78 is 16.5. The Morgan fingerprint density at radius 1 is 0.400 bits per heavy atom. The van der Waals surface area contributed by atoms with Crippen molar-refractivity contribution in [2.24, 2.45) is 0 Å². The van der Waals surface area contributed by atoms with E-state index in [0.717, 1.165) is 89.9 Å². The second-order valence-corrected chi connectivity index (χ2v) is 13.8. The Bertz CT molecular complexity index is 1150. The lowest BCUT2D eigenvalue weighted by Gasteiger charge is -2.18. The van der Waals surface area contributed by atoms with Gasteiger partial charge in [-0.2, -0.15) is 0 Å². The Labute approximate surface area is 337 Å². The Hall–Kier alpha value is -3.67. The molecule has 0 aromatic carbocycles. The van der Waals surface area contributed by atoms with Gasteiger partial charge in [-0.1, -0.05) is 163 Å². The van der Waals surface area contributed by atoms with Crippen molar-refractivity contribution in [2.75, 3.05) is 13.2 Å². The van der Waals surface area contributed by atoms with Crippen molar-refractivity contribution < 1.29 is 28.6 Å². The second kappa shape index (κ2) is 43.1. The molecular formula is C49H78O6. The van der Waals surface area contributed by atoms with E-state index in [4.69, 9.17) is 14.2 Å². The van der Waals surface area contributed by atoms with Crippen molar-refractivity contribution in [1.82, 2.24) is 0 Å². The molecule has 0 radical (unpaired) electrons. The van der Waals surface area contributed by atoms with Crippen LogP contribution in [0.5, 0.6) is 0 Å². The zero-order valence-electron chi connectivity index (χ0n) is 35.1. The molecule has 0 fully saturated rings. The van der Waals surface area contributed by atoms with Crippen molar-refractivity contribution >= 4 is 17.9 Å². The van der Waals surface area contributed by atoms with Crippen LogP contribution in [0.2, 0.25) is 0 Å². The monoisotopic (exact) mass is 763 g/mol. The average molecular weight is 763 g/mol. The zero-order valence-corrected chi connectivity index (χ0v) is 35.1. The van der Waals surface area contributed by atoms with Crippen molar-refractivity contribution in [3.63, 3.8) is 0 Å². The van der Waals surface area contributed by atoms with Crippen LogP contribution in [-0.2, 0) is 28.6 Å². The summed E-state index contributed by atoms with van der Waals surface area (Å²) in [4.78, 5) is 37.5. The molecule has 0 rings (SSSR count). The lowest BCUT2D eigenvalue weighted by Crippen LogP contribution is -2.30. The standard InChI is InChI=1S/C49H78O6/c1-4-7-10-13-16-19-20-21-22-23-24-25-26-27-28-31-33-36-39-42-48(51)54-45-46(55-49(52)43-40-37-34-30-18-15-12-9-6-3)44-53-47(50)41-38-35-32-29-17-14-11-8-5-2/h7,9-10,12,16,18-19,21-22,24-25,29-30,32,37,40,46H,4-6,8,11,13-15,17,20,23,26-28,31,33-36,38-39,41-45H2,1-3H3/b10-7-,12-9-,19-16-,22-21-,25-24-,30-18-,32-29-,40-37-. The van der Waals surface area contributed by atoms with Crippen LogP contribution >= 0.6 is 0 Å². The molecule has 1 atom stereocenters. The molecular weight excluding hydrogens is 685 g/mol. The van der Waals surface area contributed by atoms with E-state index in [0.29, 0.717) is 12.8 Å². The third-order valence-corrected chi connectivity index (χ3v) is 8.59. The maximum absolute atomic E-state index is 12.6. The van der Waals surface area contributed by atoms with Crippen LogP contribution in [0, 0.1) is 0 Å². The van der Waals surface area contributed by atoms with Crippen LogP contribution in [0.25, 0.3) is 0 Å². The molecule has 0 saturated carbocycles. The number of esters is 3. The van der Waals surface area contributed by atoms with E-state index in [9.17, 15) is 14.4 Å². The van der Waals surface area contributed by atoms with E-state index in [1.807, 2.05) is 6.08 Å². The highest BCUT2D eigenvalue weighted by Gasteiger charge is 2.19. The van der Waals surface area contributed by atoms with Gasteiger partial charge in [0.2, 0.25) is 0 Å². The molecule has 55 heavy (non-hydrogen) atoms. The first-order chi connectivity index (χ1) is 27.0. The third-order valence-electron chi connectivity index (χ3n) is 8.59. The van der Waals surface area contributed by atoms with Gasteiger partial charge in [0.15, 0.2) is 6.10 Å². The smallest absolute Gasteiger partial charge is 0.310 e. The van der Waals surface area contributed by atoms with Gasteiger partial charge < -0.3 is 14.2 Å². The summed E-state index contributed by atoms with van der Waals surface area (Å²) >= 11 is 0. The molecule has 0 N–H and O–H groups in total. The molecule has 0 aromatic rings. The maximum atomic E-state index is 12.6. The van der Waals surface area contributed by atoms with Crippen molar-refractivity contribution in [3.8, 4) is 0 Å². The number of rotatable bonds is 37. The molecule has 1 unspecified atom stereocenters. The predicted molar refractivity (Wildman–Crippen MR) is 233 cm³/mol. The molecule has 0 aliphatic rings. The van der Waals surface area contributed by atoms with E-state index in [1.165, 1.54) is 38.5 Å². The van der Waals surface area contributed by atoms with Gasteiger partial charge in [0.1, 0.15) is 13.2 Å². The van der Waals surface area contributed by atoms with Gasteiger partial charge in [-0.3, -0.25) is 14.4 Å². The summed E-state index contributed by atoms with van der Waals surface area (Å²) in [6.45, 7) is 6.20. The van der Waals surface area contributed by atoms with Gasteiger partial charge in [-0.15, -0.1) is 0 Å². The SMILES string of the molecule is CC/C=C\C/C=C\C/C=C\C/C=C\CCCCCCCCC(=O)OCC(COC(=O)CCC/C=C\CCCCCC)OC(=O)C/C=C\C/C=C\C/C=C\CC.